The van der Waals surface area contributed by atoms with E-state index in [1.54, 1.807) is 0 Å². The van der Waals surface area contributed by atoms with Crippen LogP contribution in [0.4, 0.5) is 0 Å². The molecule has 1 aliphatic rings. The maximum atomic E-state index is 5.64. The zero-order valence-electron chi connectivity index (χ0n) is 18.3. The molecular weight excluding hydrogens is 352 g/mol. The van der Waals surface area contributed by atoms with Gasteiger partial charge < -0.3 is 4.74 Å². The fourth-order valence-electron chi connectivity index (χ4n) is 4.15. The number of aryl methyl sites for hydroxylation is 1. The topological polar surface area (TPSA) is 9.23 Å². The number of hydrogen-bond acceptors (Lipinski definition) is 1. The first-order valence-electron chi connectivity index (χ1n) is 11.6. The summed E-state index contributed by atoms with van der Waals surface area (Å²) in [5.41, 5.74) is 4.11. The van der Waals surface area contributed by atoms with E-state index in [1.807, 2.05) is 12.1 Å². The van der Waals surface area contributed by atoms with Crippen LogP contribution in [0.25, 0.3) is 0 Å². The highest BCUT2D eigenvalue weighted by Gasteiger charge is 2.21. The molecule has 2 aromatic rings. The van der Waals surface area contributed by atoms with Crippen LogP contribution in [0, 0.1) is 17.8 Å². The molecule has 1 nitrogen and oxygen atoms in total. The van der Waals surface area contributed by atoms with Crippen molar-refractivity contribution in [2.45, 2.75) is 77.6 Å². The van der Waals surface area contributed by atoms with Gasteiger partial charge in [-0.15, -0.1) is 0 Å². The van der Waals surface area contributed by atoms with Gasteiger partial charge in [0.1, 0.15) is 5.75 Å². The fraction of sp³-hybridized carbons (Fsp3) is 0.500. The Morgan fingerprint density at radius 3 is 2.21 bits per heavy atom. The lowest BCUT2D eigenvalue weighted by atomic mass is 9.78. The highest BCUT2D eigenvalue weighted by atomic mass is 16.5. The molecule has 0 unspecified atom stereocenters. The van der Waals surface area contributed by atoms with Gasteiger partial charge in [-0.1, -0.05) is 62.8 Å². The molecule has 0 N–H and O–H groups in total. The zero-order chi connectivity index (χ0) is 20.3. The summed E-state index contributed by atoms with van der Waals surface area (Å²) in [4.78, 5) is 0. The van der Waals surface area contributed by atoms with Crippen molar-refractivity contribution in [1.29, 1.82) is 0 Å². The summed E-state index contributed by atoms with van der Waals surface area (Å²) in [5.74, 6) is 9.09. The SMILES string of the molecule is CCCCCc1ccc(C2CCC(C#Cc3ccc(OCCC)cc3)CC2)cc1. The Morgan fingerprint density at radius 1 is 0.828 bits per heavy atom. The van der Waals surface area contributed by atoms with Gasteiger partial charge >= 0.3 is 0 Å². The molecule has 3 rings (SSSR count). The molecule has 0 spiro atoms. The van der Waals surface area contributed by atoms with Crippen molar-refractivity contribution in [2.24, 2.45) is 5.92 Å². The third-order valence-corrected chi connectivity index (χ3v) is 6.00. The average molecular weight is 389 g/mol. The molecule has 0 atom stereocenters. The Bertz CT molecular complexity index is 768. The van der Waals surface area contributed by atoms with E-state index >= 15 is 0 Å². The predicted octanol–water partition coefficient (Wildman–Crippen LogP) is 7.53. The van der Waals surface area contributed by atoms with Crippen LogP contribution in [0.2, 0.25) is 0 Å². The molecule has 0 radical (unpaired) electrons. The first-order valence-corrected chi connectivity index (χ1v) is 11.6. The first-order chi connectivity index (χ1) is 14.3. The van der Waals surface area contributed by atoms with Crippen LogP contribution < -0.4 is 4.74 Å². The lowest BCUT2D eigenvalue weighted by molar-refractivity contribution is 0.317. The van der Waals surface area contributed by atoms with Gasteiger partial charge in [0.25, 0.3) is 0 Å². The van der Waals surface area contributed by atoms with E-state index < -0.39 is 0 Å². The Labute approximate surface area is 177 Å². The molecule has 0 bridgehead atoms. The third kappa shape index (κ3) is 6.97. The normalized spacial score (nSPS) is 18.7. The molecule has 29 heavy (non-hydrogen) atoms. The molecule has 0 aromatic heterocycles. The van der Waals surface area contributed by atoms with Gasteiger partial charge in [-0.2, -0.15) is 0 Å². The Kier molecular flexibility index (Phi) is 8.69. The quantitative estimate of drug-likeness (QED) is 0.335. The lowest BCUT2D eigenvalue weighted by Gasteiger charge is -2.26. The van der Waals surface area contributed by atoms with Crippen LogP contribution in [0.5, 0.6) is 5.75 Å². The summed E-state index contributed by atoms with van der Waals surface area (Å²) >= 11 is 0. The van der Waals surface area contributed by atoms with Crippen molar-refractivity contribution in [1.82, 2.24) is 0 Å². The van der Waals surface area contributed by atoms with E-state index in [2.05, 4.69) is 62.1 Å². The monoisotopic (exact) mass is 388 g/mol. The van der Waals surface area contributed by atoms with Crippen LogP contribution >= 0.6 is 0 Å². The van der Waals surface area contributed by atoms with Crippen LogP contribution in [0.15, 0.2) is 48.5 Å². The van der Waals surface area contributed by atoms with Crippen LogP contribution in [-0.4, -0.2) is 6.61 Å². The maximum Gasteiger partial charge on any atom is 0.119 e. The van der Waals surface area contributed by atoms with Crippen molar-refractivity contribution in [2.75, 3.05) is 6.61 Å². The number of rotatable bonds is 8. The lowest BCUT2D eigenvalue weighted by Crippen LogP contribution is -2.12. The van der Waals surface area contributed by atoms with Crippen molar-refractivity contribution in [3.63, 3.8) is 0 Å². The number of ether oxygens (including phenoxy) is 1. The van der Waals surface area contributed by atoms with Crippen LogP contribution in [-0.2, 0) is 6.42 Å². The Hall–Kier alpha value is -2.20. The predicted molar refractivity (Wildman–Crippen MR) is 123 cm³/mol. The smallest absolute Gasteiger partial charge is 0.119 e. The standard InChI is InChI=1S/C28H36O/c1-3-5-6-7-23-10-16-26(17-11-23)27-18-12-24(13-19-27)8-9-25-14-20-28(21-15-25)29-22-4-2/h10-11,14-17,20-21,24,27H,3-7,12-13,18-19,22H2,1-2H3. The second-order valence-electron chi connectivity index (χ2n) is 8.39. The summed E-state index contributed by atoms with van der Waals surface area (Å²) < 4.78 is 5.64. The molecule has 0 heterocycles. The van der Waals surface area contributed by atoms with Crippen molar-refractivity contribution in [3.05, 3.63) is 65.2 Å². The molecule has 1 aliphatic carbocycles. The number of hydrogen-bond donors (Lipinski definition) is 0. The highest BCUT2D eigenvalue weighted by molar-refractivity contribution is 5.38. The van der Waals surface area contributed by atoms with Crippen molar-refractivity contribution in [3.8, 4) is 17.6 Å². The molecular formula is C28H36O. The molecule has 0 aliphatic heterocycles. The van der Waals surface area contributed by atoms with Gasteiger partial charge in [0, 0.05) is 11.5 Å². The van der Waals surface area contributed by atoms with Crippen molar-refractivity contribution >= 4 is 0 Å². The van der Waals surface area contributed by atoms with Crippen molar-refractivity contribution < 1.29 is 4.74 Å². The molecule has 0 saturated heterocycles. The minimum absolute atomic E-state index is 0.538. The van der Waals surface area contributed by atoms with Gasteiger partial charge in [-0.05, 0) is 86.3 Å². The summed E-state index contributed by atoms with van der Waals surface area (Å²) in [5, 5.41) is 0. The minimum Gasteiger partial charge on any atom is -0.494 e. The van der Waals surface area contributed by atoms with E-state index in [0.717, 1.165) is 24.3 Å². The Morgan fingerprint density at radius 2 is 1.55 bits per heavy atom. The van der Waals surface area contributed by atoms with E-state index in [4.69, 9.17) is 4.74 Å². The highest BCUT2D eigenvalue weighted by Crippen LogP contribution is 2.35. The summed E-state index contributed by atoms with van der Waals surface area (Å²) in [6, 6.07) is 17.7. The second-order valence-corrected chi connectivity index (χ2v) is 8.39. The molecule has 1 saturated carbocycles. The van der Waals surface area contributed by atoms with Gasteiger partial charge in [0.05, 0.1) is 6.61 Å². The van der Waals surface area contributed by atoms with Gasteiger partial charge in [0.2, 0.25) is 0 Å². The second kappa shape index (κ2) is 11.7. The average Bonchev–Trinajstić information content (AvgIpc) is 2.78. The largest absolute Gasteiger partial charge is 0.494 e. The molecule has 2 aromatic carbocycles. The summed E-state index contributed by atoms with van der Waals surface area (Å²) in [6.07, 6.45) is 11.2. The third-order valence-electron chi connectivity index (χ3n) is 6.00. The van der Waals surface area contributed by atoms with E-state index in [0.29, 0.717) is 11.8 Å². The Balaban J connectivity index is 1.46. The van der Waals surface area contributed by atoms with E-state index in [9.17, 15) is 0 Å². The summed E-state index contributed by atoms with van der Waals surface area (Å²) in [6.45, 7) is 5.16. The number of benzene rings is 2. The molecule has 1 heteroatoms. The first kappa shape index (κ1) is 21.5. The minimum atomic E-state index is 0.538. The summed E-state index contributed by atoms with van der Waals surface area (Å²) in [7, 11) is 0. The van der Waals surface area contributed by atoms with Crippen LogP contribution in [0.3, 0.4) is 0 Å². The van der Waals surface area contributed by atoms with E-state index in [1.165, 1.54) is 62.5 Å². The van der Waals surface area contributed by atoms with Gasteiger partial charge in [-0.25, -0.2) is 0 Å². The van der Waals surface area contributed by atoms with Gasteiger partial charge in [-0.3, -0.25) is 0 Å². The van der Waals surface area contributed by atoms with Gasteiger partial charge in [0.15, 0.2) is 0 Å². The maximum absolute atomic E-state index is 5.64. The van der Waals surface area contributed by atoms with Crippen LogP contribution in [0.1, 0.15) is 87.8 Å². The number of unbranched alkanes of at least 4 members (excludes halogenated alkanes) is 2. The molecule has 1 fully saturated rings. The molecule has 154 valence electrons. The van der Waals surface area contributed by atoms with E-state index in [-0.39, 0.29) is 0 Å². The zero-order valence-corrected chi connectivity index (χ0v) is 18.3. The fourth-order valence-corrected chi connectivity index (χ4v) is 4.15. The molecule has 0 amide bonds.